The number of nitrogens with one attached hydrogen (secondary N) is 1. The second-order valence-electron chi connectivity index (χ2n) is 6.19. The Labute approximate surface area is 183 Å². The molecule has 0 saturated carbocycles. The molecule has 0 atom stereocenters. The molecular formula is C21H19N5O2S2. The van der Waals surface area contributed by atoms with E-state index in [4.69, 9.17) is 21.4 Å². The van der Waals surface area contributed by atoms with Crippen LogP contribution in [0.15, 0.2) is 77.7 Å². The molecule has 0 radical (unpaired) electrons. The Balaban J connectivity index is 1.24. The molecule has 0 aliphatic rings. The van der Waals surface area contributed by atoms with Crippen molar-refractivity contribution in [2.75, 3.05) is 17.7 Å². The summed E-state index contributed by atoms with van der Waals surface area (Å²) in [4.78, 5) is 3.99. The second kappa shape index (κ2) is 10.0. The Morgan fingerprint density at radius 2 is 1.93 bits per heavy atom. The SMILES string of the molecule is S=C(Nc1ccc(-c2nnc(CSCCOc3ccccc3)o2)cc1)n1ccnc1. The van der Waals surface area contributed by atoms with E-state index in [2.05, 4.69) is 20.5 Å². The van der Waals surface area contributed by atoms with Gasteiger partial charge >= 0.3 is 0 Å². The summed E-state index contributed by atoms with van der Waals surface area (Å²) in [6.45, 7) is 0.630. The van der Waals surface area contributed by atoms with E-state index >= 15 is 0 Å². The summed E-state index contributed by atoms with van der Waals surface area (Å²) >= 11 is 7.02. The van der Waals surface area contributed by atoms with Gasteiger partial charge in [-0.2, -0.15) is 0 Å². The van der Waals surface area contributed by atoms with Gasteiger partial charge in [-0.15, -0.1) is 22.0 Å². The summed E-state index contributed by atoms with van der Waals surface area (Å²) in [7, 11) is 0. The Kier molecular flexibility index (Phi) is 6.73. The summed E-state index contributed by atoms with van der Waals surface area (Å²) in [5.74, 6) is 3.45. The van der Waals surface area contributed by atoms with E-state index in [0.29, 0.717) is 29.3 Å². The van der Waals surface area contributed by atoms with E-state index in [0.717, 1.165) is 22.8 Å². The first-order valence-electron chi connectivity index (χ1n) is 9.26. The van der Waals surface area contributed by atoms with Crippen LogP contribution in [-0.2, 0) is 5.75 Å². The van der Waals surface area contributed by atoms with Gasteiger partial charge in [0.25, 0.3) is 0 Å². The molecule has 4 rings (SSSR count). The third kappa shape index (κ3) is 5.46. The second-order valence-corrected chi connectivity index (χ2v) is 7.68. The van der Waals surface area contributed by atoms with E-state index in [1.54, 1.807) is 35.0 Å². The van der Waals surface area contributed by atoms with Gasteiger partial charge in [-0.05, 0) is 48.6 Å². The number of thioether (sulfide) groups is 1. The van der Waals surface area contributed by atoms with Gasteiger partial charge in [0.2, 0.25) is 11.8 Å². The fourth-order valence-corrected chi connectivity index (χ4v) is 3.45. The molecule has 0 aliphatic carbocycles. The first-order chi connectivity index (χ1) is 14.8. The van der Waals surface area contributed by atoms with E-state index < -0.39 is 0 Å². The van der Waals surface area contributed by atoms with Crippen molar-refractivity contribution in [3.8, 4) is 17.2 Å². The number of rotatable bonds is 8. The molecule has 2 aromatic heterocycles. The fourth-order valence-electron chi connectivity index (χ4n) is 2.59. The van der Waals surface area contributed by atoms with Crippen molar-refractivity contribution in [1.82, 2.24) is 19.7 Å². The monoisotopic (exact) mass is 437 g/mol. The predicted octanol–water partition coefficient (Wildman–Crippen LogP) is 4.49. The molecule has 0 amide bonds. The molecule has 2 aromatic carbocycles. The van der Waals surface area contributed by atoms with Crippen LogP contribution in [0.1, 0.15) is 5.89 Å². The lowest BCUT2D eigenvalue weighted by atomic mass is 10.2. The van der Waals surface area contributed by atoms with Gasteiger partial charge in [-0.3, -0.25) is 4.57 Å². The van der Waals surface area contributed by atoms with Crippen LogP contribution < -0.4 is 10.1 Å². The number of para-hydroxylation sites is 1. The molecule has 7 nitrogen and oxygen atoms in total. The summed E-state index contributed by atoms with van der Waals surface area (Å²) < 4.78 is 13.2. The van der Waals surface area contributed by atoms with Gasteiger partial charge < -0.3 is 14.5 Å². The predicted molar refractivity (Wildman–Crippen MR) is 122 cm³/mol. The Morgan fingerprint density at radius 1 is 1.10 bits per heavy atom. The molecule has 152 valence electrons. The minimum atomic E-state index is 0.495. The van der Waals surface area contributed by atoms with Crippen molar-refractivity contribution in [3.05, 3.63) is 79.2 Å². The van der Waals surface area contributed by atoms with E-state index in [-0.39, 0.29) is 0 Å². The summed E-state index contributed by atoms with van der Waals surface area (Å²) in [6, 6.07) is 17.4. The average Bonchev–Trinajstić information content (AvgIpc) is 3.47. The molecular weight excluding hydrogens is 418 g/mol. The van der Waals surface area contributed by atoms with Crippen LogP contribution in [-0.4, -0.2) is 37.2 Å². The molecule has 4 aromatic rings. The lowest BCUT2D eigenvalue weighted by molar-refractivity contribution is 0.344. The lowest BCUT2D eigenvalue weighted by Gasteiger charge is -2.08. The van der Waals surface area contributed by atoms with Crippen LogP contribution in [0.25, 0.3) is 11.5 Å². The zero-order valence-corrected chi connectivity index (χ0v) is 17.6. The number of nitrogens with zero attached hydrogens (tertiary/aromatic N) is 4. The minimum absolute atomic E-state index is 0.495. The van der Waals surface area contributed by atoms with E-state index in [1.165, 1.54) is 0 Å². The van der Waals surface area contributed by atoms with Crippen molar-refractivity contribution in [2.24, 2.45) is 0 Å². The zero-order valence-electron chi connectivity index (χ0n) is 16.0. The number of thiocarbonyl (C=S) groups is 1. The Morgan fingerprint density at radius 3 is 2.70 bits per heavy atom. The largest absolute Gasteiger partial charge is 0.493 e. The standard InChI is InChI=1S/C21H19N5O2S2/c29-21(26-11-10-22-15-26)23-17-8-6-16(7-9-17)20-25-24-19(28-20)14-30-13-12-27-18-4-2-1-3-5-18/h1-11,15H,12-14H2,(H,23,29). The van der Waals surface area contributed by atoms with Gasteiger partial charge in [0.15, 0.2) is 5.11 Å². The first-order valence-corrected chi connectivity index (χ1v) is 10.8. The molecule has 9 heteroatoms. The lowest BCUT2D eigenvalue weighted by Crippen LogP contribution is -2.17. The molecule has 0 unspecified atom stereocenters. The number of anilines is 1. The summed E-state index contributed by atoms with van der Waals surface area (Å²) in [5, 5.41) is 12.0. The molecule has 0 aliphatic heterocycles. The third-order valence-corrected chi connectivity index (χ3v) is 5.27. The number of imidazole rings is 1. The maximum atomic E-state index is 5.77. The molecule has 2 heterocycles. The normalized spacial score (nSPS) is 10.7. The van der Waals surface area contributed by atoms with Crippen molar-refractivity contribution in [2.45, 2.75) is 5.75 Å². The van der Waals surface area contributed by atoms with Crippen LogP contribution in [0.2, 0.25) is 0 Å². The molecule has 0 spiro atoms. The minimum Gasteiger partial charge on any atom is -0.493 e. The smallest absolute Gasteiger partial charge is 0.247 e. The summed E-state index contributed by atoms with van der Waals surface area (Å²) in [6.07, 6.45) is 5.11. The fraction of sp³-hybridized carbons (Fsp3) is 0.143. The highest BCUT2D eigenvalue weighted by molar-refractivity contribution is 7.98. The number of hydrogen-bond donors (Lipinski definition) is 1. The average molecular weight is 438 g/mol. The van der Waals surface area contributed by atoms with Crippen molar-refractivity contribution in [3.63, 3.8) is 0 Å². The third-order valence-electron chi connectivity index (χ3n) is 4.05. The van der Waals surface area contributed by atoms with E-state index in [1.807, 2.05) is 54.6 Å². The maximum absolute atomic E-state index is 5.77. The molecule has 0 saturated heterocycles. The Bertz CT molecular complexity index is 1070. The molecule has 0 bridgehead atoms. The number of hydrogen-bond acceptors (Lipinski definition) is 7. The number of aromatic nitrogens is 4. The van der Waals surface area contributed by atoms with Gasteiger partial charge in [-0.25, -0.2) is 4.98 Å². The zero-order chi connectivity index (χ0) is 20.6. The highest BCUT2D eigenvalue weighted by Gasteiger charge is 2.09. The van der Waals surface area contributed by atoms with Crippen LogP contribution in [0.3, 0.4) is 0 Å². The van der Waals surface area contributed by atoms with Crippen LogP contribution in [0, 0.1) is 0 Å². The quantitative estimate of drug-likeness (QED) is 0.319. The topological polar surface area (TPSA) is 78.0 Å². The van der Waals surface area contributed by atoms with E-state index in [9.17, 15) is 0 Å². The van der Waals surface area contributed by atoms with Gasteiger partial charge in [-0.1, -0.05) is 18.2 Å². The van der Waals surface area contributed by atoms with Crippen LogP contribution in [0.4, 0.5) is 5.69 Å². The van der Waals surface area contributed by atoms with Crippen LogP contribution in [0.5, 0.6) is 5.75 Å². The van der Waals surface area contributed by atoms with Crippen molar-refractivity contribution < 1.29 is 9.15 Å². The molecule has 30 heavy (non-hydrogen) atoms. The Hall–Kier alpha value is -3.17. The first kappa shape index (κ1) is 20.1. The van der Waals surface area contributed by atoms with Crippen LogP contribution >= 0.6 is 24.0 Å². The number of ether oxygens (including phenoxy) is 1. The molecule has 0 fully saturated rings. The van der Waals surface area contributed by atoms with Gasteiger partial charge in [0, 0.05) is 29.4 Å². The summed E-state index contributed by atoms with van der Waals surface area (Å²) in [5.41, 5.74) is 1.72. The van der Waals surface area contributed by atoms with Crippen molar-refractivity contribution in [1.29, 1.82) is 0 Å². The van der Waals surface area contributed by atoms with Gasteiger partial charge in [0.05, 0.1) is 12.4 Å². The van der Waals surface area contributed by atoms with Gasteiger partial charge in [0.1, 0.15) is 12.1 Å². The molecule has 1 N–H and O–H groups in total. The highest BCUT2D eigenvalue weighted by atomic mass is 32.2. The van der Waals surface area contributed by atoms with Crippen molar-refractivity contribution >= 4 is 34.8 Å². The maximum Gasteiger partial charge on any atom is 0.247 e. The number of benzene rings is 2. The highest BCUT2D eigenvalue weighted by Crippen LogP contribution is 2.22.